The smallest absolute Gasteiger partial charge is 0.218 e. The van der Waals surface area contributed by atoms with E-state index in [0.717, 1.165) is 6.20 Å². The third kappa shape index (κ3) is 4.07. The van der Waals surface area contributed by atoms with Gasteiger partial charge in [0.1, 0.15) is 23.3 Å². The molecular weight excluding hydrogens is 356 g/mol. The summed E-state index contributed by atoms with van der Waals surface area (Å²) in [6.45, 7) is 0. The molecule has 0 spiro atoms. The first-order valence-corrected chi connectivity index (χ1v) is 8.92. The Kier molecular flexibility index (Phi) is 6.09. The second-order valence-corrected chi connectivity index (χ2v) is 6.93. The van der Waals surface area contributed by atoms with Crippen LogP contribution in [-0.4, -0.2) is 29.7 Å². The second-order valence-electron chi connectivity index (χ2n) is 5.01. The molecule has 0 aliphatic rings. The van der Waals surface area contributed by atoms with Gasteiger partial charge in [-0.3, -0.25) is 0 Å². The SMILES string of the molecule is COc1ccc(S(=O)(=O)C(C#N)=CNc2cc(OC)ccc2OC)cc1. The van der Waals surface area contributed by atoms with E-state index in [2.05, 4.69) is 5.32 Å². The summed E-state index contributed by atoms with van der Waals surface area (Å²) in [5, 5.41) is 12.1. The van der Waals surface area contributed by atoms with E-state index in [1.165, 1.54) is 45.6 Å². The van der Waals surface area contributed by atoms with Gasteiger partial charge in [0, 0.05) is 12.3 Å². The largest absolute Gasteiger partial charge is 0.497 e. The van der Waals surface area contributed by atoms with E-state index in [1.807, 2.05) is 0 Å². The number of ether oxygens (including phenoxy) is 3. The summed E-state index contributed by atoms with van der Waals surface area (Å²) >= 11 is 0. The van der Waals surface area contributed by atoms with Gasteiger partial charge in [-0.05, 0) is 36.4 Å². The Balaban J connectivity index is 2.37. The van der Waals surface area contributed by atoms with Gasteiger partial charge in [0.2, 0.25) is 9.84 Å². The molecule has 0 aliphatic heterocycles. The van der Waals surface area contributed by atoms with Crippen LogP contribution in [-0.2, 0) is 9.84 Å². The van der Waals surface area contributed by atoms with Crippen molar-refractivity contribution in [1.82, 2.24) is 0 Å². The predicted molar refractivity (Wildman–Crippen MR) is 97.0 cm³/mol. The van der Waals surface area contributed by atoms with E-state index in [0.29, 0.717) is 22.9 Å². The molecule has 26 heavy (non-hydrogen) atoms. The summed E-state index contributed by atoms with van der Waals surface area (Å²) in [6, 6.07) is 12.5. The predicted octanol–water partition coefficient (Wildman–Crippen LogP) is 2.96. The zero-order chi connectivity index (χ0) is 19.2. The van der Waals surface area contributed by atoms with Gasteiger partial charge in [-0.25, -0.2) is 8.42 Å². The minimum Gasteiger partial charge on any atom is -0.497 e. The number of hydrogen-bond donors (Lipinski definition) is 1. The molecule has 0 radical (unpaired) electrons. The van der Waals surface area contributed by atoms with Gasteiger partial charge in [-0.1, -0.05) is 0 Å². The monoisotopic (exact) mass is 374 g/mol. The van der Waals surface area contributed by atoms with Crippen molar-refractivity contribution < 1.29 is 22.6 Å². The zero-order valence-corrected chi connectivity index (χ0v) is 15.3. The molecule has 1 N–H and O–H groups in total. The molecule has 136 valence electrons. The fourth-order valence-electron chi connectivity index (χ4n) is 2.12. The van der Waals surface area contributed by atoms with Crippen molar-refractivity contribution in [2.24, 2.45) is 0 Å². The number of methoxy groups -OCH3 is 3. The number of anilines is 1. The Morgan fingerprint density at radius 1 is 1.00 bits per heavy atom. The Labute approximate surface area is 152 Å². The van der Waals surface area contributed by atoms with Crippen molar-refractivity contribution in [2.75, 3.05) is 26.6 Å². The first-order valence-electron chi connectivity index (χ1n) is 7.44. The molecule has 2 rings (SSSR count). The molecule has 2 aromatic carbocycles. The molecule has 0 fully saturated rings. The summed E-state index contributed by atoms with van der Waals surface area (Å²) in [7, 11) is 0.502. The number of rotatable bonds is 7. The molecule has 7 nitrogen and oxygen atoms in total. The summed E-state index contributed by atoms with van der Waals surface area (Å²) in [5.74, 6) is 1.55. The maximum atomic E-state index is 12.6. The molecule has 0 aromatic heterocycles. The van der Waals surface area contributed by atoms with E-state index < -0.39 is 14.7 Å². The maximum Gasteiger partial charge on any atom is 0.218 e. The lowest BCUT2D eigenvalue weighted by atomic mass is 10.2. The number of nitrogens with zero attached hydrogens (tertiary/aromatic N) is 1. The third-order valence-electron chi connectivity index (χ3n) is 3.53. The van der Waals surface area contributed by atoms with Crippen LogP contribution in [0.5, 0.6) is 17.2 Å². The van der Waals surface area contributed by atoms with Crippen LogP contribution in [0.15, 0.2) is 58.5 Å². The second kappa shape index (κ2) is 8.27. The summed E-state index contributed by atoms with van der Waals surface area (Å²) < 4.78 is 40.6. The number of allylic oxidation sites excluding steroid dienone is 1. The first-order chi connectivity index (χ1) is 12.5. The minimum absolute atomic E-state index is 0.00879. The van der Waals surface area contributed by atoms with Crippen molar-refractivity contribution in [1.29, 1.82) is 5.26 Å². The van der Waals surface area contributed by atoms with Crippen molar-refractivity contribution in [3.63, 3.8) is 0 Å². The van der Waals surface area contributed by atoms with Crippen LogP contribution >= 0.6 is 0 Å². The van der Waals surface area contributed by atoms with E-state index in [9.17, 15) is 13.7 Å². The van der Waals surface area contributed by atoms with Crippen LogP contribution in [0, 0.1) is 11.3 Å². The van der Waals surface area contributed by atoms with Gasteiger partial charge in [-0.2, -0.15) is 5.26 Å². The van der Waals surface area contributed by atoms with Crippen LogP contribution < -0.4 is 19.5 Å². The highest BCUT2D eigenvalue weighted by Gasteiger charge is 2.21. The normalized spacial score (nSPS) is 11.4. The topological polar surface area (TPSA) is 97.7 Å². The lowest BCUT2D eigenvalue weighted by molar-refractivity contribution is 0.405. The number of nitriles is 1. The summed E-state index contributed by atoms with van der Waals surface area (Å²) in [6.07, 6.45) is 1.12. The van der Waals surface area contributed by atoms with Gasteiger partial charge in [0.05, 0.1) is 31.9 Å². The van der Waals surface area contributed by atoms with Gasteiger partial charge < -0.3 is 19.5 Å². The maximum absolute atomic E-state index is 12.6. The quantitative estimate of drug-likeness (QED) is 0.744. The minimum atomic E-state index is -3.97. The van der Waals surface area contributed by atoms with E-state index >= 15 is 0 Å². The van der Waals surface area contributed by atoms with Gasteiger partial charge in [-0.15, -0.1) is 0 Å². The van der Waals surface area contributed by atoms with Crippen LogP contribution in [0.3, 0.4) is 0 Å². The Morgan fingerprint density at radius 3 is 2.15 bits per heavy atom. The fraction of sp³-hybridized carbons (Fsp3) is 0.167. The molecule has 0 atom stereocenters. The number of benzene rings is 2. The van der Waals surface area contributed by atoms with Crippen LogP contribution in [0.2, 0.25) is 0 Å². The van der Waals surface area contributed by atoms with Gasteiger partial charge in [0.15, 0.2) is 4.91 Å². The Bertz CT molecular complexity index is 945. The summed E-state index contributed by atoms with van der Waals surface area (Å²) in [4.78, 5) is -0.446. The Hall–Kier alpha value is -3.18. The molecule has 0 bridgehead atoms. The van der Waals surface area contributed by atoms with Crippen molar-refractivity contribution in [2.45, 2.75) is 4.90 Å². The number of hydrogen-bond acceptors (Lipinski definition) is 7. The average molecular weight is 374 g/mol. The zero-order valence-electron chi connectivity index (χ0n) is 14.5. The van der Waals surface area contributed by atoms with E-state index in [1.54, 1.807) is 24.3 Å². The van der Waals surface area contributed by atoms with Crippen LogP contribution in [0.25, 0.3) is 0 Å². The van der Waals surface area contributed by atoms with E-state index in [4.69, 9.17) is 14.2 Å². The molecular formula is C18H18N2O5S. The molecule has 0 unspecified atom stereocenters. The summed E-state index contributed by atoms with van der Waals surface area (Å²) in [5.41, 5.74) is 0.463. The van der Waals surface area contributed by atoms with Crippen LogP contribution in [0.1, 0.15) is 0 Å². The average Bonchev–Trinajstić information content (AvgIpc) is 2.68. The highest BCUT2D eigenvalue weighted by atomic mass is 32.2. The highest BCUT2D eigenvalue weighted by molar-refractivity contribution is 7.95. The van der Waals surface area contributed by atoms with E-state index in [-0.39, 0.29) is 4.90 Å². The Morgan fingerprint density at radius 2 is 1.62 bits per heavy atom. The first kappa shape index (κ1) is 19.1. The molecule has 0 aliphatic carbocycles. The number of nitrogens with one attached hydrogen (secondary N) is 1. The molecule has 2 aromatic rings. The molecule has 0 saturated heterocycles. The molecule has 0 heterocycles. The van der Waals surface area contributed by atoms with Gasteiger partial charge >= 0.3 is 0 Å². The molecule has 0 saturated carbocycles. The lowest BCUT2D eigenvalue weighted by Gasteiger charge is -2.11. The van der Waals surface area contributed by atoms with Crippen molar-refractivity contribution in [3.8, 4) is 23.3 Å². The van der Waals surface area contributed by atoms with Crippen molar-refractivity contribution >= 4 is 15.5 Å². The lowest BCUT2D eigenvalue weighted by Crippen LogP contribution is -2.06. The highest BCUT2D eigenvalue weighted by Crippen LogP contribution is 2.29. The molecule has 8 heteroatoms. The third-order valence-corrected chi connectivity index (χ3v) is 5.22. The number of sulfone groups is 1. The standard InChI is InChI=1S/C18H18N2O5S/c1-23-13-4-7-15(8-5-13)26(21,22)16(11-19)12-20-17-10-14(24-2)6-9-18(17)25-3/h4-10,12,20H,1-3H3. The molecule has 0 amide bonds. The van der Waals surface area contributed by atoms with Crippen molar-refractivity contribution in [3.05, 3.63) is 53.6 Å². The fourth-order valence-corrected chi connectivity index (χ4v) is 3.20. The van der Waals surface area contributed by atoms with Gasteiger partial charge in [0.25, 0.3) is 0 Å². The van der Waals surface area contributed by atoms with Crippen LogP contribution in [0.4, 0.5) is 5.69 Å².